The summed E-state index contributed by atoms with van der Waals surface area (Å²) < 4.78 is 27.2. The van der Waals surface area contributed by atoms with Crippen molar-refractivity contribution in [2.45, 2.75) is 43.0 Å². The monoisotopic (exact) mass is 418 g/mol. The third-order valence-electron chi connectivity index (χ3n) is 5.55. The summed E-state index contributed by atoms with van der Waals surface area (Å²) in [6.45, 7) is 0.988. The maximum atomic E-state index is 12.9. The lowest BCUT2D eigenvalue weighted by Gasteiger charge is -2.26. The summed E-state index contributed by atoms with van der Waals surface area (Å²) in [5.74, 6) is -0.281. The molecule has 5 nitrogen and oxygen atoms in total. The zero-order chi connectivity index (χ0) is 19.7. The van der Waals surface area contributed by atoms with Gasteiger partial charge in [-0.1, -0.05) is 35.9 Å². The van der Waals surface area contributed by atoms with Crippen molar-refractivity contribution >= 4 is 27.5 Å². The SMILES string of the molecule is O=C(NC1CCCc2ccccc21)c1ccc(Cl)c(S(=O)(=O)N2CCCC2)c1. The number of nitrogens with one attached hydrogen (secondary N) is 1. The van der Waals surface area contributed by atoms with E-state index in [1.807, 2.05) is 18.2 Å². The number of aryl methyl sites for hydroxylation is 1. The van der Waals surface area contributed by atoms with Gasteiger partial charge in [0.2, 0.25) is 10.0 Å². The van der Waals surface area contributed by atoms with Crippen molar-refractivity contribution in [1.29, 1.82) is 0 Å². The molecule has 2 aliphatic rings. The average Bonchev–Trinajstić information content (AvgIpc) is 3.24. The van der Waals surface area contributed by atoms with E-state index >= 15 is 0 Å². The number of benzene rings is 2. The molecule has 1 unspecified atom stereocenters. The number of fused-ring (bicyclic) bond motifs is 1. The van der Waals surface area contributed by atoms with Gasteiger partial charge in [-0.25, -0.2) is 8.42 Å². The van der Waals surface area contributed by atoms with Gasteiger partial charge in [0.15, 0.2) is 0 Å². The van der Waals surface area contributed by atoms with Crippen LogP contribution in [-0.2, 0) is 16.4 Å². The van der Waals surface area contributed by atoms with E-state index in [4.69, 9.17) is 11.6 Å². The summed E-state index contributed by atoms with van der Waals surface area (Å²) in [7, 11) is -3.69. The number of hydrogen-bond donors (Lipinski definition) is 1. The van der Waals surface area contributed by atoms with Crippen LogP contribution in [0.3, 0.4) is 0 Å². The number of halogens is 1. The molecule has 1 aliphatic heterocycles. The van der Waals surface area contributed by atoms with Gasteiger partial charge >= 0.3 is 0 Å². The smallest absolute Gasteiger partial charge is 0.251 e. The van der Waals surface area contributed by atoms with Crippen LogP contribution in [0.4, 0.5) is 0 Å². The molecule has 0 aromatic heterocycles. The van der Waals surface area contributed by atoms with E-state index in [0.29, 0.717) is 18.7 Å². The Balaban J connectivity index is 1.59. The highest BCUT2D eigenvalue weighted by atomic mass is 35.5. The van der Waals surface area contributed by atoms with E-state index in [0.717, 1.165) is 37.7 Å². The summed E-state index contributed by atoms with van der Waals surface area (Å²) in [4.78, 5) is 12.9. The topological polar surface area (TPSA) is 66.5 Å². The number of sulfonamides is 1. The van der Waals surface area contributed by atoms with Gasteiger partial charge in [-0.05, 0) is 61.4 Å². The average molecular weight is 419 g/mol. The van der Waals surface area contributed by atoms with Crippen LogP contribution in [-0.4, -0.2) is 31.7 Å². The number of nitrogens with zero attached hydrogens (tertiary/aromatic N) is 1. The first-order chi connectivity index (χ1) is 13.5. The van der Waals surface area contributed by atoms with E-state index in [9.17, 15) is 13.2 Å². The maximum absolute atomic E-state index is 12.9. The van der Waals surface area contributed by atoms with Gasteiger partial charge in [-0.2, -0.15) is 4.31 Å². The van der Waals surface area contributed by atoms with Crippen molar-refractivity contribution in [2.75, 3.05) is 13.1 Å². The Morgan fingerprint density at radius 1 is 1.07 bits per heavy atom. The Hall–Kier alpha value is -1.89. The molecule has 1 aliphatic carbocycles. The first-order valence-electron chi connectivity index (χ1n) is 9.65. The van der Waals surface area contributed by atoms with Crippen molar-refractivity contribution in [3.63, 3.8) is 0 Å². The van der Waals surface area contributed by atoms with Crippen LogP contribution in [0, 0.1) is 0 Å². The number of carbonyl (C=O) groups is 1. The van der Waals surface area contributed by atoms with Crippen molar-refractivity contribution in [2.24, 2.45) is 0 Å². The molecular weight excluding hydrogens is 396 g/mol. The van der Waals surface area contributed by atoms with Crippen molar-refractivity contribution in [3.8, 4) is 0 Å². The van der Waals surface area contributed by atoms with E-state index in [2.05, 4.69) is 11.4 Å². The largest absolute Gasteiger partial charge is 0.345 e. The lowest BCUT2D eigenvalue weighted by atomic mass is 9.87. The molecule has 2 aromatic rings. The minimum absolute atomic E-state index is 0.00719. The molecule has 2 aromatic carbocycles. The van der Waals surface area contributed by atoms with Crippen molar-refractivity contribution < 1.29 is 13.2 Å². The van der Waals surface area contributed by atoms with E-state index in [1.165, 1.54) is 22.0 Å². The Morgan fingerprint density at radius 2 is 1.82 bits per heavy atom. The van der Waals surface area contributed by atoms with Gasteiger partial charge in [0, 0.05) is 18.7 Å². The molecule has 28 heavy (non-hydrogen) atoms. The van der Waals surface area contributed by atoms with Crippen molar-refractivity contribution in [3.05, 3.63) is 64.2 Å². The molecule has 1 heterocycles. The van der Waals surface area contributed by atoms with Crippen LogP contribution in [0.25, 0.3) is 0 Å². The maximum Gasteiger partial charge on any atom is 0.251 e. The van der Waals surface area contributed by atoms with Gasteiger partial charge < -0.3 is 5.32 Å². The highest BCUT2D eigenvalue weighted by Crippen LogP contribution is 2.31. The molecule has 7 heteroatoms. The second-order valence-electron chi connectivity index (χ2n) is 7.37. The quantitative estimate of drug-likeness (QED) is 0.817. The lowest BCUT2D eigenvalue weighted by molar-refractivity contribution is 0.0932. The molecule has 148 valence electrons. The second kappa shape index (κ2) is 7.85. The van der Waals surface area contributed by atoms with E-state index < -0.39 is 10.0 Å². The minimum atomic E-state index is -3.69. The van der Waals surface area contributed by atoms with Gasteiger partial charge in [0.05, 0.1) is 11.1 Å². The molecule has 0 spiro atoms. The molecule has 0 saturated carbocycles. The molecule has 1 saturated heterocycles. The highest BCUT2D eigenvalue weighted by molar-refractivity contribution is 7.89. The van der Waals surface area contributed by atoms with E-state index in [-0.39, 0.29) is 21.9 Å². The summed E-state index contributed by atoms with van der Waals surface area (Å²) in [6, 6.07) is 12.5. The predicted octanol–water partition coefficient (Wildman–Crippen LogP) is 3.93. The van der Waals surface area contributed by atoms with Crippen LogP contribution in [0.1, 0.15) is 53.2 Å². The molecule has 1 atom stereocenters. The fraction of sp³-hybridized carbons (Fsp3) is 0.381. The number of amides is 1. The third-order valence-corrected chi connectivity index (χ3v) is 7.93. The first-order valence-corrected chi connectivity index (χ1v) is 11.5. The molecular formula is C21H23ClN2O3S. The van der Waals surface area contributed by atoms with Crippen LogP contribution in [0.2, 0.25) is 5.02 Å². The molecule has 0 bridgehead atoms. The van der Waals surface area contributed by atoms with Crippen LogP contribution in [0.15, 0.2) is 47.4 Å². The predicted molar refractivity (Wildman–Crippen MR) is 109 cm³/mol. The Labute approximate surface area is 170 Å². The Morgan fingerprint density at radius 3 is 2.61 bits per heavy atom. The van der Waals surface area contributed by atoms with Gasteiger partial charge in [0.1, 0.15) is 4.90 Å². The molecule has 4 rings (SSSR count). The molecule has 1 N–H and O–H groups in total. The summed E-state index contributed by atoms with van der Waals surface area (Å²) >= 11 is 6.19. The summed E-state index contributed by atoms with van der Waals surface area (Å²) in [5, 5.41) is 3.21. The molecule has 0 radical (unpaired) electrons. The van der Waals surface area contributed by atoms with E-state index in [1.54, 1.807) is 6.07 Å². The Bertz CT molecular complexity index is 1000. The van der Waals surface area contributed by atoms with Crippen LogP contribution >= 0.6 is 11.6 Å². The van der Waals surface area contributed by atoms with Gasteiger partial charge in [0.25, 0.3) is 5.91 Å². The lowest BCUT2D eigenvalue weighted by Crippen LogP contribution is -2.31. The molecule has 1 fully saturated rings. The van der Waals surface area contributed by atoms with Gasteiger partial charge in [-0.15, -0.1) is 0 Å². The first kappa shape index (κ1) is 19.4. The minimum Gasteiger partial charge on any atom is -0.345 e. The zero-order valence-corrected chi connectivity index (χ0v) is 17.1. The van der Waals surface area contributed by atoms with Gasteiger partial charge in [-0.3, -0.25) is 4.79 Å². The molecule has 1 amide bonds. The third kappa shape index (κ3) is 3.69. The summed E-state index contributed by atoms with van der Waals surface area (Å²) in [5.41, 5.74) is 2.71. The number of carbonyl (C=O) groups excluding carboxylic acids is 1. The number of hydrogen-bond acceptors (Lipinski definition) is 3. The Kier molecular flexibility index (Phi) is 5.45. The summed E-state index contributed by atoms with van der Waals surface area (Å²) in [6.07, 6.45) is 4.59. The standard InChI is InChI=1S/C21H23ClN2O3S/c22-18-11-10-16(14-20(18)28(26,27)24-12-3-4-13-24)21(25)23-19-9-5-7-15-6-1-2-8-17(15)19/h1-2,6,8,10-11,14,19H,3-5,7,9,12-13H2,(H,23,25). The number of rotatable bonds is 4. The van der Waals surface area contributed by atoms with Crippen molar-refractivity contribution in [1.82, 2.24) is 9.62 Å². The van der Waals surface area contributed by atoms with Crippen LogP contribution < -0.4 is 5.32 Å². The second-order valence-corrected chi connectivity index (χ2v) is 9.69. The fourth-order valence-corrected chi connectivity index (χ4v) is 6.07. The normalized spacial score (nSPS) is 20.0. The fourth-order valence-electron chi connectivity index (χ4n) is 4.06. The van der Waals surface area contributed by atoms with Crippen LogP contribution in [0.5, 0.6) is 0 Å². The zero-order valence-electron chi connectivity index (χ0n) is 15.5. The highest BCUT2D eigenvalue weighted by Gasteiger charge is 2.30.